The highest BCUT2D eigenvalue weighted by Gasteiger charge is 2.44. The molecule has 0 radical (unpaired) electrons. The van der Waals surface area contributed by atoms with Crippen molar-refractivity contribution in [1.82, 2.24) is 0 Å². The summed E-state index contributed by atoms with van der Waals surface area (Å²) >= 11 is 0. The van der Waals surface area contributed by atoms with E-state index in [4.69, 9.17) is 13.2 Å². The zero-order valence-electron chi connectivity index (χ0n) is 17.1. The molecule has 0 aliphatic carbocycles. The number of rotatable bonds is 9. The summed E-state index contributed by atoms with van der Waals surface area (Å²) in [6.07, 6.45) is 0. The van der Waals surface area contributed by atoms with Gasteiger partial charge in [-0.2, -0.15) is 0 Å². The Morgan fingerprint density at radius 2 is 1.40 bits per heavy atom. The van der Waals surface area contributed by atoms with Crippen molar-refractivity contribution in [3.05, 3.63) is 29.8 Å². The number of anilines is 1. The minimum atomic E-state index is -3.46. The van der Waals surface area contributed by atoms with Gasteiger partial charge in [0.1, 0.15) is 0 Å². The lowest BCUT2D eigenvalue weighted by atomic mass is 10.2. The van der Waals surface area contributed by atoms with Gasteiger partial charge >= 0.3 is 7.60 Å². The van der Waals surface area contributed by atoms with Crippen molar-refractivity contribution in [3.8, 4) is 0 Å². The van der Waals surface area contributed by atoms with Gasteiger partial charge in [-0.25, -0.2) is 0 Å². The Bertz CT molecular complexity index is 574. The molecular weight excluding hydrogens is 369 g/mol. The molecule has 0 spiro atoms. The largest absolute Gasteiger partial charge is 0.378 e. The zero-order chi connectivity index (χ0) is 19.5. The first-order valence-corrected chi connectivity index (χ1v) is 17.1. The van der Waals surface area contributed by atoms with Crippen LogP contribution in [0.25, 0.3) is 0 Å². The van der Waals surface area contributed by atoms with Crippen molar-refractivity contribution in [2.45, 2.75) is 52.1 Å². The third-order valence-corrected chi connectivity index (χ3v) is 10.5. The summed E-state index contributed by atoms with van der Waals surface area (Å²) in [5, 5.41) is 0. The molecule has 0 fully saturated rings. The van der Waals surface area contributed by atoms with Crippen molar-refractivity contribution in [1.29, 1.82) is 0 Å². The number of hydrogen-bond donors (Lipinski definition) is 0. The minimum absolute atomic E-state index is 0.439. The van der Waals surface area contributed by atoms with Gasteiger partial charge in [-0.1, -0.05) is 12.1 Å². The first kappa shape index (κ1) is 22.6. The highest BCUT2D eigenvalue weighted by Crippen LogP contribution is 2.64. The van der Waals surface area contributed by atoms with E-state index in [1.807, 2.05) is 89.5 Å². The quantitative estimate of drug-likeness (QED) is 0.392. The number of hydrogen-bond acceptors (Lipinski definition) is 5. The highest BCUT2D eigenvalue weighted by molar-refractivity contribution is 7.57. The van der Waals surface area contributed by atoms with Crippen LogP contribution in [0.1, 0.15) is 18.3 Å². The second kappa shape index (κ2) is 8.50. The molecule has 0 amide bonds. The van der Waals surface area contributed by atoms with Crippen molar-refractivity contribution < 1.29 is 17.7 Å². The van der Waals surface area contributed by atoms with Gasteiger partial charge in [0, 0.05) is 26.4 Å². The van der Waals surface area contributed by atoms with Crippen LogP contribution in [-0.2, 0) is 17.7 Å². The Balaban J connectivity index is 3.34. The van der Waals surface area contributed by atoms with Crippen LogP contribution in [0.15, 0.2) is 24.3 Å². The SMILES string of the molecule is CCOC(c1ccc(N(C)C)cc1)P(=O)(O[Si](C)(C)C)O[Si](C)(C)C. The average molecular weight is 404 g/mol. The Hall–Kier alpha value is -0.436. The summed E-state index contributed by atoms with van der Waals surface area (Å²) < 4.78 is 32.0. The first-order chi connectivity index (χ1) is 11.3. The molecule has 1 aromatic rings. The lowest BCUT2D eigenvalue weighted by molar-refractivity contribution is 0.0985. The molecule has 8 heteroatoms. The van der Waals surface area contributed by atoms with E-state index in [2.05, 4.69) is 0 Å². The third kappa shape index (κ3) is 7.37. The van der Waals surface area contributed by atoms with Gasteiger partial charge in [0.15, 0.2) is 22.5 Å². The van der Waals surface area contributed by atoms with Crippen LogP contribution < -0.4 is 4.90 Å². The van der Waals surface area contributed by atoms with E-state index in [1.165, 1.54) is 0 Å². The highest BCUT2D eigenvalue weighted by atomic mass is 31.2. The molecule has 1 aromatic carbocycles. The lowest BCUT2D eigenvalue weighted by Gasteiger charge is -2.35. The van der Waals surface area contributed by atoms with E-state index in [9.17, 15) is 4.57 Å². The fourth-order valence-electron chi connectivity index (χ4n) is 2.34. The summed E-state index contributed by atoms with van der Waals surface area (Å²) in [5.74, 6) is -0.702. The maximum atomic E-state index is 13.8. The molecule has 0 saturated carbocycles. The summed E-state index contributed by atoms with van der Waals surface area (Å²) in [6.45, 7) is 14.5. The van der Waals surface area contributed by atoms with Gasteiger partial charge in [0.05, 0.1) is 0 Å². The topological polar surface area (TPSA) is 48.0 Å². The Morgan fingerprint density at radius 1 is 0.960 bits per heavy atom. The molecule has 0 aliphatic rings. The Morgan fingerprint density at radius 3 is 1.72 bits per heavy atom. The summed E-state index contributed by atoms with van der Waals surface area (Å²) in [4.78, 5) is 2.02. The van der Waals surface area contributed by atoms with Crippen LogP contribution in [0.5, 0.6) is 0 Å². The predicted octanol–water partition coefficient (Wildman–Crippen LogP) is 5.68. The molecule has 25 heavy (non-hydrogen) atoms. The maximum Gasteiger partial charge on any atom is 0.344 e. The molecule has 1 unspecified atom stereocenters. The monoisotopic (exact) mass is 403 g/mol. The Labute approximate surface area is 155 Å². The number of benzene rings is 1. The van der Waals surface area contributed by atoms with Gasteiger partial charge in [0.2, 0.25) is 0 Å². The van der Waals surface area contributed by atoms with Crippen LogP contribution in [-0.4, -0.2) is 37.3 Å². The van der Waals surface area contributed by atoms with E-state index in [1.54, 1.807) is 0 Å². The molecule has 5 nitrogen and oxygen atoms in total. The minimum Gasteiger partial charge on any atom is -0.378 e. The van der Waals surface area contributed by atoms with Gasteiger partial charge in [0.25, 0.3) is 0 Å². The first-order valence-electron chi connectivity index (χ1n) is 8.67. The van der Waals surface area contributed by atoms with E-state index in [-0.39, 0.29) is 0 Å². The van der Waals surface area contributed by atoms with Crippen LogP contribution in [0.4, 0.5) is 5.69 Å². The second-order valence-corrected chi connectivity index (χ2v) is 19.7. The van der Waals surface area contributed by atoms with Crippen molar-refractivity contribution in [2.75, 3.05) is 25.6 Å². The molecule has 0 aromatic heterocycles. The standard InChI is InChI=1S/C17H34NO4PSi2/c1-10-20-17(15-11-13-16(14-12-15)18(2)3)23(19,21-24(4,5)6)22-25(7,8)9/h11-14,17H,10H2,1-9H3. The Kier molecular flexibility index (Phi) is 7.69. The van der Waals surface area contributed by atoms with Crippen molar-refractivity contribution in [2.24, 2.45) is 0 Å². The van der Waals surface area contributed by atoms with Crippen LogP contribution in [0, 0.1) is 0 Å². The third-order valence-electron chi connectivity index (χ3n) is 3.11. The predicted molar refractivity (Wildman–Crippen MR) is 112 cm³/mol. The summed E-state index contributed by atoms with van der Waals surface area (Å²) in [5.41, 5.74) is 1.90. The number of nitrogens with zero attached hydrogens (tertiary/aromatic N) is 1. The van der Waals surface area contributed by atoms with Crippen LogP contribution >= 0.6 is 7.60 Å². The molecule has 144 valence electrons. The second-order valence-electron chi connectivity index (χ2n) is 8.24. The van der Waals surface area contributed by atoms with Crippen molar-refractivity contribution in [3.63, 3.8) is 0 Å². The number of ether oxygens (including phenoxy) is 1. The molecule has 0 saturated heterocycles. The molecule has 1 atom stereocenters. The average Bonchev–Trinajstić information content (AvgIpc) is 2.40. The molecular formula is C17H34NO4PSi2. The normalized spacial score (nSPS) is 14.4. The van der Waals surface area contributed by atoms with E-state index in [0.717, 1.165) is 11.3 Å². The van der Waals surface area contributed by atoms with Crippen molar-refractivity contribution >= 4 is 29.9 Å². The van der Waals surface area contributed by atoms with Crippen LogP contribution in [0.2, 0.25) is 39.3 Å². The van der Waals surface area contributed by atoms with Crippen LogP contribution in [0.3, 0.4) is 0 Å². The molecule has 0 bridgehead atoms. The fraction of sp³-hybridized carbons (Fsp3) is 0.647. The van der Waals surface area contributed by atoms with Gasteiger partial charge in [-0.3, -0.25) is 4.57 Å². The molecule has 0 heterocycles. The van der Waals surface area contributed by atoms with E-state index in [0.29, 0.717) is 6.61 Å². The maximum absolute atomic E-state index is 13.8. The smallest absolute Gasteiger partial charge is 0.344 e. The molecule has 1 rings (SSSR count). The van der Waals surface area contributed by atoms with Gasteiger partial charge < -0.3 is 18.1 Å². The van der Waals surface area contributed by atoms with E-state index >= 15 is 0 Å². The summed E-state index contributed by atoms with van der Waals surface area (Å²) in [6, 6.07) is 7.89. The lowest BCUT2D eigenvalue weighted by Crippen LogP contribution is -2.32. The van der Waals surface area contributed by atoms with Gasteiger partial charge in [-0.05, 0) is 63.9 Å². The molecule has 0 aliphatic heterocycles. The fourth-order valence-corrected chi connectivity index (χ4v) is 10.6. The summed E-state index contributed by atoms with van der Waals surface area (Å²) in [7, 11) is -3.68. The molecule has 0 N–H and O–H groups in total. The zero-order valence-corrected chi connectivity index (χ0v) is 20.0. The van der Waals surface area contributed by atoms with Gasteiger partial charge in [-0.15, -0.1) is 0 Å². The van der Waals surface area contributed by atoms with E-state index < -0.39 is 30.1 Å².